The van der Waals surface area contributed by atoms with Crippen LogP contribution in [0.15, 0.2) is 23.8 Å². The highest BCUT2D eigenvalue weighted by molar-refractivity contribution is 5.88. The van der Waals surface area contributed by atoms with Crippen molar-refractivity contribution in [3.8, 4) is 0 Å². The molecule has 2 heteroatoms. The average molecular weight is 210 g/mol. The van der Waals surface area contributed by atoms with Crippen molar-refractivity contribution in [1.82, 2.24) is 0 Å². The lowest BCUT2D eigenvalue weighted by atomic mass is 9.98. The van der Waals surface area contributed by atoms with Gasteiger partial charge in [0.25, 0.3) is 0 Å². The maximum absolute atomic E-state index is 11.0. The highest BCUT2D eigenvalue weighted by Gasteiger charge is 2.10. The van der Waals surface area contributed by atoms with Gasteiger partial charge in [-0.3, -0.25) is 0 Å². The minimum Gasteiger partial charge on any atom is -0.478 e. The Labute approximate surface area is 92.7 Å². The summed E-state index contributed by atoms with van der Waals surface area (Å²) in [5, 5.41) is 9.06. The fraction of sp³-hybridized carbons (Fsp3) is 0.615. The normalized spacial score (nSPS) is 12.1. The van der Waals surface area contributed by atoms with E-state index >= 15 is 0 Å². The number of carboxylic acid groups (broad SMARTS) is 1. The highest BCUT2D eigenvalue weighted by atomic mass is 16.4. The van der Waals surface area contributed by atoms with Crippen LogP contribution in [0.25, 0.3) is 0 Å². The number of carbonyl (C=O) groups is 1. The number of rotatable bonds is 8. The zero-order valence-electron chi connectivity index (χ0n) is 9.88. The molecule has 0 aliphatic heterocycles. The van der Waals surface area contributed by atoms with Crippen LogP contribution >= 0.6 is 0 Å². The van der Waals surface area contributed by atoms with E-state index in [1.165, 1.54) is 0 Å². The maximum Gasteiger partial charge on any atom is 0.331 e. The van der Waals surface area contributed by atoms with E-state index in [4.69, 9.17) is 5.11 Å². The molecule has 15 heavy (non-hydrogen) atoms. The Morgan fingerprint density at radius 3 is 2.27 bits per heavy atom. The maximum atomic E-state index is 11.0. The van der Waals surface area contributed by atoms with Crippen molar-refractivity contribution < 1.29 is 9.90 Å². The van der Waals surface area contributed by atoms with Crippen LogP contribution in [0.3, 0.4) is 0 Å². The van der Waals surface area contributed by atoms with Gasteiger partial charge >= 0.3 is 5.97 Å². The molecule has 0 aliphatic rings. The molecule has 0 radical (unpaired) electrons. The SMILES string of the molecule is C=C/C(CCCCC)=C(/CCC)C(=O)O. The highest BCUT2D eigenvalue weighted by Crippen LogP contribution is 2.18. The summed E-state index contributed by atoms with van der Waals surface area (Å²) >= 11 is 0. The van der Waals surface area contributed by atoms with Gasteiger partial charge in [-0.15, -0.1) is 0 Å². The first-order valence-electron chi connectivity index (χ1n) is 5.75. The van der Waals surface area contributed by atoms with E-state index < -0.39 is 5.97 Å². The van der Waals surface area contributed by atoms with Crippen molar-refractivity contribution in [1.29, 1.82) is 0 Å². The molecule has 0 saturated carbocycles. The molecule has 0 fully saturated rings. The molecule has 0 aliphatic carbocycles. The summed E-state index contributed by atoms with van der Waals surface area (Å²) in [4.78, 5) is 11.0. The minimum atomic E-state index is -0.789. The molecule has 0 spiro atoms. The number of aliphatic carboxylic acids is 1. The molecule has 0 heterocycles. The summed E-state index contributed by atoms with van der Waals surface area (Å²) in [7, 11) is 0. The summed E-state index contributed by atoms with van der Waals surface area (Å²) < 4.78 is 0. The summed E-state index contributed by atoms with van der Waals surface area (Å²) in [6.07, 6.45) is 7.42. The lowest BCUT2D eigenvalue weighted by Gasteiger charge is -2.07. The number of unbranched alkanes of at least 4 members (excludes halogenated alkanes) is 2. The van der Waals surface area contributed by atoms with Gasteiger partial charge in [0.05, 0.1) is 0 Å². The first-order valence-corrected chi connectivity index (χ1v) is 5.75. The third-order valence-corrected chi connectivity index (χ3v) is 2.44. The molecule has 0 rings (SSSR count). The van der Waals surface area contributed by atoms with E-state index in [1.54, 1.807) is 6.08 Å². The molecular formula is C13H22O2. The van der Waals surface area contributed by atoms with Crippen LogP contribution in [0, 0.1) is 0 Å². The smallest absolute Gasteiger partial charge is 0.331 e. The second-order valence-corrected chi connectivity index (χ2v) is 3.72. The Morgan fingerprint density at radius 1 is 1.20 bits per heavy atom. The predicted octanol–water partition coefficient (Wildman–Crippen LogP) is 3.93. The van der Waals surface area contributed by atoms with Gasteiger partial charge in [0, 0.05) is 5.57 Å². The molecule has 0 aromatic heterocycles. The Morgan fingerprint density at radius 2 is 1.87 bits per heavy atom. The van der Waals surface area contributed by atoms with Crippen LogP contribution in [0.1, 0.15) is 52.4 Å². The number of allylic oxidation sites excluding steroid dienone is 2. The van der Waals surface area contributed by atoms with Crippen LogP contribution in [-0.4, -0.2) is 11.1 Å². The van der Waals surface area contributed by atoms with E-state index in [2.05, 4.69) is 13.5 Å². The topological polar surface area (TPSA) is 37.3 Å². The van der Waals surface area contributed by atoms with Crippen LogP contribution < -0.4 is 0 Å². The van der Waals surface area contributed by atoms with Crippen LogP contribution in [0.5, 0.6) is 0 Å². The van der Waals surface area contributed by atoms with E-state index in [1.807, 2.05) is 6.92 Å². The van der Waals surface area contributed by atoms with Crippen molar-refractivity contribution in [2.45, 2.75) is 52.4 Å². The van der Waals surface area contributed by atoms with Crippen molar-refractivity contribution in [2.24, 2.45) is 0 Å². The minimum absolute atomic E-state index is 0.545. The van der Waals surface area contributed by atoms with Crippen LogP contribution in [-0.2, 0) is 4.79 Å². The van der Waals surface area contributed by atoms with Gasteiger partial charge in [0.15, 0.2) is 0 Å². The number of hydrogen-bond donors (Lipinski definition) is 1. The summed E-state index contributed by atoms with van der Waals surface area (Å²) in [5.74, 6) is -0.789. The third kappa shape index (κ3) is 5.40. The molecule has 0 saturated heterocycles. The van der Waals surface area contributed by atoms with Gasteiger partial charge in [-0.1, -0.05) is 45.8 Å². The number of carboxylic acids is 1. The average Bonchev–Trinajstić information content (AvgIpc) is 2.22. The molecule has 0 unspecified atom stereocenters. The monoisotopic (exact) mass is 210 g/mol. The van der Waals surface area contributed by atoms with Gasteiger partial charge in [-0.2, -0.15) is 0 Å². The molecule has 2 nitrogen and oxygen atoms in total. The zero-order chi connectivity index (χ0) is 11.7. The number of hydrogen-bond acceptors (Lipinski definition) is 1. The van der Waals surface area contributed by atoms with Gasteiger partial charge < -0.3 is 5.11 Å². The third-order valence-electron chi connectivity index (χ3n) is 2.44. The molecule has 86 valence electrons. The van der Waals surface area contributed by atoms with E-state index in [9.17, 15) is 4.79 Å². The molecule has 0 aromatic carbocycles. The molecular weight excluding hydrogens is 188 g/mol. The Balaban J connectivity index is 4.56. The molecule has 0 amide bonds. The Bertz CT molecular complexity index is 239. The Hall–Kier alpha value is -1.05. The Kier molecular flexibility index (Phi) is 7.69. The van der Waals surface area contributed by atoms with Crippen molar-refractivity contribution >= 4 is 5.97 Å². The van der Waals surface area contributed by atoms with E-state index in [0.29, 0.717) is 12.0 Å². The largest absolute Gasteiger partial charge is 0.478 e. The van der Waals surface area contributed by atoms with Crippen LogP contribution in [0.2, 0.25) is 0 Å². The van der Waals surface area contributed by atoms with E-state index in [-0.39, 0.29) is 0 Å². The molecule has 0 aromatic rings. The lowest BCUT2D eigenvalue weighted by molar-refractivity contribution is -0.132. The first-order chi connectivity index (χ1) is 7.17. The summed E-state index contributed by atoms with van der Waals surface area (Å²) in [6.45, 7) is 7.84. The van der Waals surface area contributed by atoms with Crippen molar-refractivity contribution in [3.05, 3.63) is 23.8 Å². The fourth-order valence-corrected chi connectivity index (χ4v) is 1.60. The second-order valence-electron chi connectivity index (χ2n) is 3.72. The van der Waals surface area contributed by atoms with Gasteiger partial charge in [-0.25, -0.2) is 4.79 Å². The van der Waals surface area contributed by atoms with Gasteiger partial charge in [-0.05, 0) is 24.8 Å². The molecule has 0 atom stereocenters. The fourth-order valence-electron chi connectivity index (χ4n) is 1.60. The molecule has 1 N–H and O–H groups in total. The van der Waals surface area contributed by atoms with Crippen molar-refractivity contribution in [3.63, 3.8) is 0 Å². The predicted molar refractivity (Wildman–Crippen MR) is 63.9 cm³/mol. The van der Waals surface area contributed by atoms with E-state index in [0.717, 1.165) is 37.7 Å². The summed E-state index contributed by atoms with van der Waals surface area (Å²) in [6, 6.07) is 0. The second kappa shape index (κ2) is 8.27. The van der Waals surface area contributed by atoms with Gasteiger partial charge in [0.2, 0.25) is 0 Å². The first kappa shape index (κ1) is 13.9. The van der Waals surface area contributed by atoms with Crippen molar-refractivity contribution in [2.75, 3.05) is 0 Å². The quantitative estimate of drug-likeness (QED) is 0.374. The van der Waals surface area contributed by atoms with Gasteiger partial charge in [0.1, 0.15) is 0 Å². The lowest BCUT2D eigenvalue weighted by Crippen LogP contribution is -2.04. The molecule has 0 bridgehead atoms. The standard InChI is InChI=1S/C13H22O2/c1-4-7-8-10-11(6-3)12(9-5-2)13(14)15/h6H,3-5,7-10H2,1-2H3,(H,14,15)/b12-11+. The summed E-state index contributed by atoms with van der Waals surface area (Å²) in [5.41, 5.74) is 1.46. The van der Waals surface area contributed by atoms with Crippen LogP contribution in [0.4, 0.5) is 0 Å². The zero-order valence-corrected chi connectivity index (χ0v) is 9.88.